The zero-order valence-corrected chi connectivity index (χ0v) is 12.2. The number of β-amino-alcohol motifs (C(OH)–C–C–N with tert-alkyl or cyclic N) is 1. The molecule has 1 aromatic rings. The third-order valence-electron chi connectivity index (χ3n) is 3.28. The molecular weight excluding hydrogens is 258 g/mol. The molecule has 0 amide bonds. The first-order chi connectivity index (χ1) is 9.15. The Morgan fingerprint density at radius 2 is 2.16 bits per heavy atom. The number of thioether (sulfide) groups is 1. The number of benzene rings is 1. The molecular formula is C14H23N3OS. The number of aliphatic hydroxyl groups is 1. The summed E-state index contributed by atoms with van der Waals surface area (Å²) >= 11 is 1.64. The van der Waals surface area contributed by atoms with Gasteiger partial charge in [0, 0.05) is 49.1 Å². The summed E-state index contributed by atoms with van der Waals surface area (Å²) < 4.78 is 0. The van der Waals surface area contributed by atoms with Crippen molar-refractivity contribution in [1.29, 1.82) is 0 Å². The number of nitrogens with two attached hydrogens (primary N) is 1. The monoisotopic (exact) mass is 281 g/mol. The quantitative estimate of drug-likeness (QED) is 0.554. The van der Waals surface area contributed by atoms with Gasteiger partial charge < -0.3 is 16.2 Å². The van der Waals surface area contributed by atoms with Crippen molar-refractivity contribution >= 4 is 17.4 Å². The second kappa shape index (κ2) is 7.14. The average Bonchev–Trinajstić information content (AvgIpc) is 2.41. The number of rotatable bonds is 5. The molecule has 1 atom stereocenters. The van der Waals surface area contributed by atoms with Crippen molar-refractivity contribution in [3.63, 3.8) is 0 Å². The lowest BCUT2D eigenvalue weighted by molar-refractivity contribution is 0.121. The van der Waals surface area contributed by atoms with Crippen molar-refractivity contribution in [2.75, 3.05) is 44.2 Å². The van der Waals surface area contributed by atoms with Crippen molar-refractivity contribution < 1.29 is 5.11 Å². The van der Waals surface area contributed by atoms with E-state index in [0.29, 0.717) is 5.75 Å². The standard InChI is InChI=1S/C14H23N3OS/c1-11-2-3-13(15)14(8-11)19-10-12(18)9-17-6-4-16-5-7-17/h2-3,8,12,16,18H,4-7,9-10,15H2,1H3. The van der Waals surface area contributed by atoms with Gasteiger partial charge in [0.2, 0.25) is 0 Å². The number of anilines is 1. The molecule has 106 valence electrons. The second-order valence-corrected chi connectivity index (χ2v) is 6.12. The van der Waals surface area contributed by atoms with Crippen LogP contribution in [0.4, 0.5) is 5.69 Å². The van der Waals surface area contributed by atoms with Gasteiger partial charge in [-0.05, 0) is 24.6 Å². The van der Waals surface area contributed by atoms with Gasteiger partial charge in [0.25, 0.3) is 0 Å². The molecule has 1 aliphatic heterocycles. The summed E-state index contributed by atoms with van der Waals surface area (Å²) in [6.45, 7) is 6.89. The third kappa shape index (κ3) is 4.69. The summed E-state index contributed by atoms with van der Waals surface area (Å²) in [5, 5.41) is 13.4. The van der Waals surface area contributed by atoms with Gasteiger partial charge in [-0.25, -0.2) is 0 Å². The first-order valence-corrected chi connectivity index (χ1v) is 7.74. The smallest absolute Gasteiger partial charge is 0.0760 e. The molecule has 1 unspecified atom stereocenters. The maximum absolute atomic E-state index is 10.1. The van der Waals surface area contributed by atoms with E-state index < -0.39 is 0 Å². The molecule has 2 rings (SSSR count). The molecule has 1 saturated heterocycles. The predicted octanol–water partition coefficient (Wildman–Crippen LogP) is 0.935. The Kier molecular flexibility index (Phi) is 5.51. The van der Waals surface area contributed by atoms with Gasteiger partial charge in [0.15, 0.2) is 0 Å². The molecule has 1 fully saturated rings. The van der Waals surface area contributed by atoms with Gasteiger partial charge in [0.1, 0.15) is 0 Å². The lowest BCUT2D eigenvalue weighted by atomic mass is 10.2. The lowest BCUT2D eigenvalue weighted by Gasteiger charge is -2.29. The molecule has 0 aromatic heterocycles. The molecule has 5 heteroatoms. The Balaban J connectivity index is 1.79. The highest BCUT2D eigenvalue weighted by Crippen LogP contribution is 2.26. The van der Waals surface area contributed by atoms with E-state index in [2.05, 4.69) is 23.2 Å². The number of nitrogens with one attached hydrogen (secondary N) is 1. The largest absolute Gasteiger partial charge is 0.398 e. The van der Waals surface area contributed by atoms with Crippen molar-refractivity contribution in [2.45, 2.75) is 17.9 Å². The third-order valence-corrected chi connectivity index (χ3v) is 4.49. The van der Waals surface area contributed by atoms with Crippen molar-refractivity contribution in [2.24, 2.45) is 0 Å². The van der Waals surface area contributed by atoms with Crippen molar-refractivity contribution in [3.8, 4) is 0 Å². The summed E-state index contributed by atoms with van der Waals surface area (Å²) in [6, 6.07) is 6.02. The van der Waals surface area contributed by atoms with E-state index in [1.54, 1.807) is 11.8 Å². The van der Waals surface area contributed by atoms with Crippen LogP contribution in [-0.2, 0) is 0 Å². The van der Waals surface area contributed by atoms with E-state index in [4.69, 9.17) is 5.73 Å². The fourth-order valence-corrected chi connectivity index (χ4v) is 3.18. The zero-order valence-electron chi connectivity index (χ0n) is 11.4. The molecule has 1 heterocycles. The van der Waals surface area contributed by atoms with Gasteiger partial charge in [-0.15, -0.1) is 11.8 Å². The van der Waals surface area contributed by atoms with E-state index in [1.807, 2.05) is 12.1 Å². The van der Waals surface area contributed by atoms with Crippen LogP contribution in [0.25, 0.3) is 0 Å². The molecule has 0 radical (unpaired) electrons. The number of aryl methyl sites for hydroxylation is 1. The molecule has 19 heavy (non-hydrogen) atoms. The van der Waals surface area contributed by atoms with Crippen LogP contribution in [0.5, 0.6) is 0 Å². The molecule has 0 bridgehead atoms. The highest BCUT2D eigenvalue weighted by atomic mass is 32.2. The van der Waals surface area contributed by atoms with Gasteiger partial charge in [-0.1, -0.05) is 6.07 Å². The summed E-state index contributed by atoms with van der Waals surface area (Å²) in [5.74, 6) is 0.692. The minimum Gasteiger partial charge on any atom is -0.398 e. The molecule has 4 nitrogen and oxygen atoms in total. The maximum Gasteiger partial charge on any atom is 0.0760 e. The van der Waals surface area contributed by atoms with Gasteiger partial charge in [-0.2, -0.15) is 0 Å². The van der Waals surface area contributed by atoms with E-state index >= 15 is 0 Å². The number of hydrogen-bond acceptors (Lipinski definition) is 5. The number of nitrogen functional groups attached to an aromatic ring is 1. The van der Waals surface area contributed by atoms with Crippen LogP contribution in [0.15, 0.2) is 23.1 Å². The number of nitrogens with zero attached hydrogens (tertiary/aromatic N) is 1. The highest BCUT2D eigenvalue weighted by molar-refractivity contribution is 7.99. The lowest BCUT2D eigenvalue weighted by Crippen LogP contribution is -2.46. The Hall–Kier alpha value is -0.750. The minimum atomic E-state index is -0.303. The molecule has 0 aliphatic carbocycles. The molecule has 0 saturated carbocycles. The molecule has 1 aromatic carbocycles. The van der Waals surface area contributed by atoms with Gasteiger partial charge in [0.05, 0.1) is 6.10 Å². The van der Waals surface area contributed by atoms with E-state index in [1.165, 1.54) is 5.56 Å². The van der Waals surface area contributed by atoms with Crippen LogP contribution in [0.3, 0.4) is 0 Å². The Bertz CT molecular complexity index is 408. The highest BCUT2D eigenvalue weighted by Gasteiger charge is 2.14. The van der Waals surface area contributed by atoms with Crippen LogP contribution in [0, 0.1) is 6.92 Å². The summed E-state index contributed by atoms with van der Waals surface area (Å²) in [4.78, 5) is 3.38. The van der Waals surface area contributed by atoms with Crippen LogP contribution >= 0.6 is 11.8 Å². The van der Waals surface area contributed by atoms with Gasteiger partial charge in [-0.3, -0.25) is 4.90 Å². The first kappa shape index (κ1) is 14.7. The van der Waals surface area contributed by atoms with E-state index in [9.17, 15) is 5.11 Å². The fourth-order valence-electron chi connectivity index (χ4n) is 2.20. The van der Waals surface area contributed by atoms with E-state index in [-0.39, 0.29) is 6.10 Å². The molecule has 4 N–H and O–H groups in total. The first-order valence-electron chi connectivity index (χ1n) is 6.75. The number of hydrogen-bond donors (Lipinski definition) is 3. The second-order valence-electron chi connectivity index (χ2n) is 5.06. The topological polar surface area (TPSA) is 61.5 Å². The summed E-state index contributed by atoms with van der Waals surface area (Å²) in [7, 11) is 0. The maximum atomic E-state index is 10.1. The Morgan fingerprint density at radius 1 is 1.42 bits per heavy atom. The predicted molar refractivity (Wildman–Crippen MR) is 81.6 cm³/mol. The fraction of sp³-hybridized carbons (Fsp3) is 0.571. The van der Waals surface area contributed by atoms with E-state index in [0.717, 1.165) is 43.3 Å². The van der Waals surface area contributed by atoms with Crippen molar-refractivity contribution in [3.05, 3.63) is 23.8 Å². The normalized spacial score (nSPS) is 18.4. The molecule has 0 spiro atoms. The van der Waals surface area contributed by atoms with Crippen LogP contribution < -0.4 is 11.1 Å². The Labute approximate surface area is 119 Å². The molecule has 1 aliphatic rings. The van der Waals surface area contributed by atoms with Crippen LogP contribution in [0.2, 0.25) is 0 Å². The average molecular weight is 281 g/mol. The van der Waals surface area contributed by atoms with Crippen LogP contribution in [0.1, 0.15) is 5.56 Å². The number of piperazine rings is 1. The number of aliphatic hydroxyl groups excluding tert-OH is 1. The SMILES string of the molecule is Cc1ccc(N)c(SCC(O)CN2CCNCC2)c1. The summed E-state index contributed by atoms with van der Waals surface area (Å²) in [5.41, 5.74) is 7.94. The van der Waals surface area contributed by atoms with Crippen molar-refractivity contribution in [1.82, 2.24) is 10.2 Å². The Morgan fingerprint density at radius 3 is 2.89 bits per heavy atom. The van der Waals surface area contributed by atoms with Crippen LogP contribution in [-0.4, -0.2) is 54.6 Å². The minimum absolute atomic E-state index is 0.303. The zero-order chi connectivity index (χ0) is 13.7. The van der Waals surface area contributed by atoms with Gasteiger partial charge >= 0.3 is 0 Å². The summed E-state index contributed by atoms with van der Waals surface area (Å²) in [6.07, 6.45) is -0.303.